The van der Waals surface area contributed by atoms with E-state index in [4.69, 9.17) is 0 Å². The number of aryl methyl sites for hydroxylation is 1. The summed E-state index contributed by atoms with van der Waals surface area (Å²) < 4.78 is 0. The van der Waals surface area contributed by atoms with Crippen LogP contribution in [0.1, 0.15) is 15.4 Å². The van der Waals surface area contributed by atoms with Crippen LogP contribution in [0.2, 0.25) is 0 Å². The van der Waals surface area contributed by atoms with E-state index in [1.54, 1.807) is 6.07 Å². The third-order valence-corrected chi connectivity index (χ3v) is 3.89. The van der Waals surface area contributed by atoms with Gasteiger partial charge >= 0.3 is 0 Å². The second kappa shape index (κ2) is 4.34. The van der Waals surface area contributed by atoms with Crippen molar-refractivity contribution in [3.05, 3.63) is 27.4 Å². The summed E-state index contributed by atoms with van der Waals surface area (Å²) >= 11 is 6.94. The summed E-state index contributed by atoms with van der Waals surface area (Å²) in [7, 11) is 0. The molecule has 1 amide bonds. The van der Waals surface area contributed by atoms with Gasteiger partial charge in [0, 0.05) is 15.7 Å². The highest BCUT2D eigenvalue weighted by Gasteiger charge is 2.09. The minimum absolute atomic E-state index is 0.130. The third kappa shape index (κ3) is 2.58. The number of rotatable bonds is 2. The fourth-order valence-corrected chi connectivity index (χ4v) is 2.74. The number of amides is 1. The predicted molar refractivity (Wildman–Crippen MR) is 66.4 cm³/mol. The van der Waals surface area contributed by atoms with Crippen molar-refractivity contribution in [1.82, 2.24) is 4.98 Å². The Morgan fingerprint density at radius 1 is 1.47 bits per heavy atom. The Labute approximate surface area is 101 Å². The molecule has 3 nitrogen and oxygen atoms in total. The fourth-order valence-electron chi connectivity index (χ4n) is 1.02. The number of anilines is 1. The van der Waals surface area contributed by atoms with Gasteiger partial charge in [-0.3, -0.25) is 10.1 Å². The number of thiazole rings is 1. The van der Waals surface area contributed by atoms with Gasteiger partial charge in [0.25, 0.3) is 5.91 Å². The summed E-state index contributed by atoms with van der Waals surface area (Å²) in [5.74, 6) is -0.130. The third-order valence-electron chi connectivity index (χ3n) is 1.65. The number of hydrogen-bond donors (Lipinski definition) is 2. The quantitative estimate of drug-likeness (QED) is 0.811. The molecule has 6 heteroatoms. The van der Waals surface area contributed by atoms with E-state index in [-0.39, 0.29) is 5.91 Å². The first-order valence-corrected chi connectivity index (χ1v) is 6.37. The average Bonchev–Trinajstić information content (AvgIpc) is 2.75. The van der Waals surface area contributed by atoms with Gasteiger partial charge in [0.2, 0.25) is 0 Å². The molecular formula is C9H8N2OS3. The van der Waals surface area contributed by atoms with Crippen LogP contribution in [0.25, 0.3) is 0 Å². The molecule has 0 spiro atoms. The molecule has 0 radical (unpaired) electrons. The summed E-state index contributed by atoms with van der Waals surface area (Å²) in [6.07, 6.45) is 0. The minimum atomic E-state index is -0.130. The lowest BCUT2D eigenvalue weighted by Gasteiger charge is -1.97. The zero-order valence-corrected chi connectivity index (χ0v) is 10.4. The van der Waals surface area contributed by atoms with Crippen LogP contribution in [0.4, 0.5) is 5.13 Å². The number of nitrogens with zero attached hydrogens (tertiary/aromatic N) is 1. The van der Waals surface area contributed by atoms with Gasteiger partial charge in [-0.15, -0.1) is 35.3 Å². The molecule has 0 aliphatic rings. The first-order valence-electron chi connectivity index (χ1n) is 4.16. The maximum Gasteiger partial charge on any atom is 0.267 e. The van der Waals surface area contributed by atoms with Crippen LogP contribution in [-0.4, -0.2) is 10.9 Å². The lowest BCUT2D eigenvalue weighted by molar-refractivity contribution is 0.103. The molecule has 2 rings (SSSR count). The van der Waals surface area contributed by atoms with E-state index >= 15 is 0 Å². The van der Waals surface area contributed by atoms with Crippen molar-refractivity contribution in [1.29, 1.82) is 0 Å². The Bertz CT molecular complexity index is 489. The molecular weight excluding hydrogens is 248 g/mol. The monoisotopic (exact) mass is 256 g/mol. The van der Waals surface area contributed by atoms with Crippen molar-refractivity contribution < 1.29 is 4.79 Å². The lowest BCUT2D eigenvalue weighted by atomic mass is 10.4. The van der Waals surface area contributed by atoms with E-state index in [9.17, 15) is 4.79 Å². The van der Waals surface area contributed by atoms with Crippen LogP contribution < -0.4 is 5.32 Å². The maximum absolute atomic E-state index is 11.7. The molecule has 0 bridgehead atoms. The number of nitrogens with one attached hydrogen (secondary N) is 1. The SMILES string of the molecule is Cc1csc(NC(=O)c2cc(S)cs2)n1. The lowest BCUT2D eigenvalue weighted by Crippen LogP contribution is -2.09. The standard InChI is InChI=1S/C9H8N2OS3/c1-5-3-15-9(10-5)11-8(12)7-2-6(13)4-14-7/h2-4,13H,1H3,(H,10,11,12). The summed E-state index contributed by atoms with van der Waals surface area (Å²) in [6.45, 7) is 1.89. The highest BCUT2D eigenvalue weighted by atomic mass is 32.1. The van der Waals surface area contributed by atoms with E-state index in [1.165, 1.54) is 22.7 Å². The molecule has 0 aliphatic carbocycles. The summed E-state index contributed by atoms with van der Waals surface area (Å²) in [4.78, 5) is 17.3. The molecule has 2 heterocycles. The van der Waals surface area contributed by atoms with Crippen molar-refractivity contribution >= 4 is 46.3 Å². The van der Waals surface area contributed by atoms with E-state index < -0.39 is 0 Å². The minimum Gasteiger partial charge on any atom is -0.297 e. The molecule has 0 fully saturated rings. The first kappa shape index (κ1) is 10.7. The van der Waals surface area contributed by atoms with Crippen LogP contribution in [0, 0.1) is 6.92 Å². The number of thiol groups is 1. The summed E-state index contributed by atoms with van der Waals surface area (Å²) in [5.41, 5.74) is 0.913. The van der Waals surface area contributed by atoms with Crippen LogP contribution in [0.3, 0.4) is 0 Å². The van der Waals surface area contributed by atoms with Gasteiger partial charge in [-0.1, -0.05) is 0 Å². The first-order chi connectivity index (χ1) is 7.15. The van der Waals surface area contributed by atoms with Crippen LogP contribution in [-0.2, 0) is 0 Å². The normalized spacial score (nSPS) is 10.3. The Hall–Kier alpha value is -0.850. The number of carbonyl (C=O) groups excluding carboxylic acids is 1. The smallest absolute Gasteiger partial charge is 0.267 e. The molecule has 0 atom stereocenters. The van der Waals surface area contributed by atoms with E-state index in [2.05, 4.69) is 22.9 Å². The van der Waals surface area contributed by atoms with E-state index in [1.807, 2.05) is 17.7 Å². The summed E-state index contributed by atoms with van der Waals surface area (Å²) in [5, 5.41) is 7.09. The van der Waals surface area contributed by atoms with Gasteiger partial charge in [-0.25, -0.2) is 4.98 Å². The summed E-state index contributed by atoms with van der Waals surface area (Å²) in [6, 6.07) is 1.74. The van der Waals surface area contributed by atoms with E-state index in [0.717, 1.165) is 10.6 Å². The number of thiophene rings is 1. The molecule has 2 aromatic heterocycles. The average molecular weight is 256 g/mol. The van der Waals surface area contributed by atoms with Crippen molar-refractivity contribution in [2.45, 2.75) is 11.8 Å². The Kier molecular flexibility index (Phi) is 3.08. The number of carbonyl (C=O) groups is 1. The topological polar surface area (TPSA) is 42.0 Å². The highest BCUT2D eigenvalue weighted by molar-refractivity contribution is 7.80. The Morgan fingerprint density at radius 3 is 2.80 bits per heavy atom. The molecule has 0 saturated heterocycles. The molecule has 0 aliphatic heterocycles. The maximum atomic E-state index is 11.7. The van der Waals surface area contributed by atoms with Crippen molar-refractivity contribution in [2.75, 3.05) is 5.32 Å². The van der Waals surface area contributed by atoms with Crippen molar-refractivity contribution in [2.24, 2.45) is 0 Å². The second-order valence-electron chi connectivity index (χ2n) is 2.92. The highest BCUT2D eigenvalue weighted by Crippen LogP contribution is 2.20. The zero-order chi connectivity index (χ0) is 10.8. The Morgan fingerprint density at radius 2 is 2.27 bits per heavy atom. The van der Waals surface area contributed by atoms with E-state index in [0.29, 0.717) is 10.0 Å². The number of aromatic nitrogens is 1. The molecule has 0 aromatic carbocycles. The zero-order valence-electron chi connectivity index (χ0n) is 7.85. The predicted octanol–water partition coefficient (Wildman–Crippen LogP) is 3.05. The van der Waals surface area contributed by atoms with Gasteiger partial charge in [0.05, 0.1) is 10.6 Å². The van der Waals surface area contributed by atoms with Gasteiger partial charge < -0.3 is 0 Å². The van der Waals surface area contributed by atoms with Gasteiger partial charge in [0.15, 0.2) is 5.13 Å². The van der Waals surface area contributed by atoms with Crippen molar-refractivity contribution in [3.63, 3.8) is 0 Å². The molecule has 0 saturated carbocycles. The molecule has 78 valence electrons. The van der Waals surface area contributed by atoms with Crippen molar-refractivity contribution in [3.8, 4) is 0 Å². The fraction of sp³-hybridized carbons (Fsp3) is 0.111. The van der Waals surface area contributed by atoms with Gasteiger partial charge in [-0.05, 0) is 13.0 Å². The van der Waals surface area contributed by atoms with Crippen LogP contribution >= 0.6 is 35.3 Å². The second-order valence-corrected chi connectivity index (χ2v) is 5.20. The van der Waals surface area contributed by atoms with Crippen LogP contribution in [0.5, 0.6) is 0 Å². The van der Waals surface area contributed by atoms with Gasteiger partial charge in [0.1, 0.15) is 0 Å². The molecule has 15 heavy (non-hydrogen) atoms. The molecule has 0 unspecified atom stereocenters. The molecule has 2 aromatic rings. The number of hydrogen-bond acceptors (Lipinski definition) is 5. The molecule has 1 N–H and O–H groups in total. The largest absolute Gasteiger partial charge is 0.297 e. The Balaban J connectivity index is 2.10. The van der Waals surface area contributed by atoms with Crippen LogP contribution in [0.15, 0.2) is 21.7 Å². The van der Waals surface area contributed by atoms with Gasteiger partial charge in [-0.2, -0.15) is 0 Å².